The zero-order valence-corrected chi connectivity index (χ0v) is 16.3. The standard InChI is InChI=1S/C20H29N3O3/c1-6-7-8-12-23-13-15(14-10-9-11-21-17(14)23)18(24)22-16(19(25)26-5)20(2,3)4/h9-11,13,16H,6-8,12H2,1-5H3,(H,22,24)/t16-/m1/s1. The summed E-state index contributed by atoms with van der Waals surface area (Å²) < 4.78 is 6.88. The van der Waals surface area contributed by atoms with Crippen LogP contribution in [-0.2, 0) is 16.1 Å². The molecule has 6 heteroatoms. The summed E-state index contributed by atoms with van der Waals surface area (Å²) >= 11 is 0. The van der Waals surface area contributed by atoms with E-state index in [0.29, 0.717) is 5.56 Å². The summed E-state index contributed by atoms with van der Waals surface area (Å²) in [6.45, 7) is 8.65. The number of aromatic nitrogens is 2. The Morgan fingerprint density at radius 1 is 1.31 bits per heavy atom. The molecule has 2 aromatic heterocycles. The molecular weight excluding hydrogens is 330 g/mol. The highest BCUT2D eigenvalue weighted by Crippen LogP contribution is 2.23. The predicted molar refractivity (Wildman–Crippen MR) is 102 cm³/mol. The third-order valence-electron chi connectivity index (χ3n) is 4.46. The van der Waals surface area contributed by atoms with Gasteiger partial charge in [-0.05, 0) is 24.0 Å². The number of esters is 1. The lowest BCUT2D eigenvalue weighted by molar-refractivity contribution is -0.145. The molecular formula is C20H29N3O3. The van der Waals surface area contributed by atoms with Crippen LogP contribution in [-0.4, -0.2) is 34.6 Å². The number of unbranched alkanes of at least 4 members (excludes halogenated alkanes) is 2. The molecule has 0 aliphatic rings. The van der Waals surface area contributed by atoms with Crippen LogP contribution >= 0.6 is 0 Å². The number of nitrogens with one attached hydrogen (secondary N) is 1. The number of methoxy groups -OCH3 is 1. The Morgan fingerprint density at radius 2 is 2.04 bits per heavy atom. The second-order valence-electron chi connectivity index (χ2n) is 7.61. The Labute approximate surface area is 154 Å². The average Bonchev–Trinajstić information content (AvgIpc) is 2.97. The number of nitrogens with zero attached hydrogens (tertiary/aromatic N) is 2. The molecule has 1 N–H and O–H groups in total. The SMILES string of the molecule is CCCCCn1cc(C(=O)N[C@H](C(=O)OC)C(C)(C)C)c2cccnc21. The molecule has 0 radical (unpaired) electrons. The van der Waals surface area contributed by atoms with E-state index in [1.165, 1.54) is 7.11 Å². The van der Waals surface area contributed by atoms with Crippen LogP contribution < -0.4 is 5.32 Å². The summed E-state index contributed by atoms with van der Waals surface area (Å²) in [6, 6.07) is 2.98. The molecule has 0 saturated carbocycles. The minimum Gasteiger partial charge on any atom is -0.467 e. The molecule has 2 rings (SSSR count). The topological polar surface area (TPSA) is 73.2 Å². The maximum Gasteiger partial charge on any atom is 0.328 e. The van der Waals surface area contributed by atoms with Crippen molar-refractivity contribution in [1.29, 1.82) is 0 Å². The van der Waals surface area contributed by atoms with Crippen molar-refractivity contribution in [3.8, 4) is 0 Å². The fraction of sp³-hybridized carbons (Fsp3) is 0.550. The quantitative estimate of drug-likeness (QED) is 0.606. The zero-order chi connectivity index (χ0) is 19.3. The van der Waals surface area contributed by atoms with E-state index < -0.39 is 17.4 Å². The van der Waals surface area contributed by atoms with Crippen LogP contribution in [0.3, 0.4) is 0 Å². The molecule has 0 saturated heterocycles. The van der Waals surface area contributed by atoms with Crippen molar-refractivity contribution < 1.29 is 14.3 Å². The molecule has 2 aromatic rings. The highest BCUT2D eigenvalue weighted by atomic mass is 16.5. The number of carbonyl (C=O) groups excluding carboxylic acids is 2. The molecule has 0 unspecified atom stereocenters. The number of pyridine rings is 1. The van der Waals surface area contributed by atoms with Gasteiger partial charge in [0.25, 0.3) is 5.91 Å². The number of amides is 1. The van der Waals surface area contributed by atoms with Gasteiger partial charge >= 0.3 is 5.97 Å². The van der Waals surface area contributed by atoms with Crippen molar-refractivity contribution in [3.63, 3.8) is 0 Å². The van der Waals surface area contributed by atoms with Gasteiger partial charge in [0.05, 0.1) is 12.7 Å². The van der Waals surface area contributed by atoms with Gasteiger partial charge in [0, 0.05) is 24.3 Å². The first-order chi connectivity index (χ1) is 12.3. The molecule has 0 spiro atoms. The van der Waals surface area contributed by atoms with E-state index in [1.54, 1.807) is 6.20 Å². The van der Waals surface area contributed by atoms with Crippen LogP contribution in [0, 0.1) is 5.41 Å². The van der Waals surface area contributed by atoms with Gasteiger partial charge in [0.15, 0.2) is 0 Å². The lowest BCUT2D eigenvalue weighted by Crippen LogP contribution is -2.49. The average molecular weight is 359 g/mol. The van der Waals surface area contributed by atoms with Crippen molar-refractivity contribution in [2.45, 2.75) is 59.5 Å². The molecule has 0 aromatic carbocycles. The lowest BCUT2D eigenvalue weighted by Gasteiger charge is -2.28. The van der Waals surface area contributed by atoms with Crippen LogP contribution in [0.1, 0.15) is 57.3 Å². The van der Waals surface area contributed by atoms with Crippen LogP contribution in [0.2, 0.25) is 0 Å². The first kappa shape index (κ1) is 19.9. The second kappa shape index (κ2) is 8.34. The summed E-state index contributed by atoms with van der Waals surface area (Å²) in [6.07, 6.45) is 6.85. The Morgan fingerprint density at radius 3 is 2.65 bits per heavy atom. The van der Waals surface area contributed by atoms with Crippen molar-refractivity contribution in [2.75, 3.05) is 7.11 Å². The minimum absolute atomic E-state index is 0.289. The van der Waals surface area contributed by atoms with Crippen LogP contribution in [0.5, 0.6) is 0 Å². The summed E-state index contributed by atoms with van der Waals surface area (Å²) in [5, 5.41) is 3.63. The van der Waals surface area contributed by atoms with Crippen molar-refractivity contribution in [3.05, 3.63) is 30.1 Å². The predicted octanol–water partition coefficient (Wildman–Crippen LogP) is 3.54. The molecule has 142 valence electrons. The Kier molecular flexibility index (Phi) is 6.40. The summed E-state index contributed by atoms with van der Waals surface area (Å²) in [7, 11) is 1.33. The van der Waals surface area contributed by atoms with Gasteiger partial charge in [-0.15, -0.1) is 0 Å². The molecule has 1 atom stereocenters. The molecule has 0 aliphatic heterocycles. The summed E-state index contributed by atoms with van der Waals surface area (Å²) in [5.74, 6) is -0.738. The number of aryl methyl sites for hydroxylation is 1. The van der Waals surface area contributed by atoms with Gasteiger partial charge < -0.3 is 14.6 Å². The molecule has 0 aliphatic carbocycles. The maximum absolute atomic E-state index is 12.9. The van der Waals surface area contributed by atoms with Gasteiger partial charge in [0.2, 0.25) is 0 Å². The normalized spacial score (nSPS) is 12.8. The van der Waals surface area contributed by atoms with E-state index in [9.17, 15) is 9.59 Å². The number of fused-ring (bicyclic) bond motifs is 1. The van der Waals surface area contributed by atoms with E-state index in [1.807, 2.05) is 43.7 Å². The molecule has 0 bridgehead atoms. The Bertz CT molecular complexity index is 774. The van der Waals surface area contributed by atoms with Crippen LogP contribution in [0.4, 0.5) is 0 Å². The van der Waals surface area contributed by atoms with E-state index >= 15 is 0 Å². The smallest absolute Gasteiger partial charge is 0.328 e. The largest absolute Gasteiger partial charge is 0.467 e. The van der Waals surface area contributed by atoms with Crippen LogP contribution in [0.15, 0.2) is 24.5 Å². The van der Waals surface area contributed by atoms with Gasteiger partial charge in [-0.1, -0.05) is 40.5 Å². The fourth-order valence-electron chi connectivity index (χ4n) is 2.96. The van der Waals surface area contributed by atoms with Crippen molar-refractivity contribution >= 4 is 22.9 Å². The monoisotopic (exact) mass is 359 g/mol. The molecule has 1 amide bonds. The minimum atomic E-state index is -0.727. The van der Waals surface area contributed by atoms with Gasteiger partial charge in [-0.3, -0.25) is 4.79 Å². The van der Waals surface area contributed by atoms with E-state index in [-0.39, 0.29) is 5.91 Å². The highest BCUT2D eigenvalue weighted by molar-refractivity contribution is 6.07. The third kappa shape index (κ3) is 4.42. The maximum atomic E-state index is 12.9. The number of hydrogen-bond acceptors (Lipinski definition) is 4. The molecule has 26 heavy (non-hydrogen) atoms. The van der Waals surface area contributed by atoms with E-state index in [2.05, 4.69) is 17.2 Å². The number of hydrogen-bond donors (Lipinski definition) is 1. The highest BCUT2D eigenvalue weighted by Gasteiger charge is 2.34. The van der Waals surface area contributed by atoms with E-state index in [0.717, 1.165) is 36.8 Å². The summed E-state index contributed by atoms with van der Waals surface area (Å²) in [5.41, 5.74) is 0.863. The second-order valence-corrected chi connectivity index (χ2v) is 7.61. The first-order valence-electron chi connectivity index (χ1n) is 9.12. The van der Waals surface area contributed by atoms with Gasteiger partial charge in [-0.2, -0.15) is 0 Å². The number of ether oxygens (including phenoxy) is 1. The summed E-state index contributed by atoms with van der Waals surface area (Å²) in [4.78, 5) is 29.5. The zero-order valence-electron chi connectivity index (χ0n) is 16.3. The Hall–Kier alpha value is -2.37. The van der Waals surface area contributed by atoms with Gasteiger partial charge in [0.1, 0.15) is 11.7 Å². The lowest BCUT2D eigenvalue weighted by atomic mass is 9.86. The fourth-order valence-corrected chi connectivity index (χ4v) is 2.96. The molecule has 0 fully saturated rings. The Balaban J connectivity index is 2.33. The van der Waals surface area contributed by atoms with E-state index in [4.69, 9.17) is 4.74 Å². The van der Waals surface area contributed by atoms with Gasteiger partial charge in [-0.25, -0.2) is 9.78 Å². The molecule has 2 heterocycles. The van der Waals surface area contributed by atoms with Crippen molar-refractivity contribution in [2.24, 2.45) is 5.41 Å². The molecule has 6 nitrogen and oxygen atoms in total. The van der Waals surface area contributed by atoms with Crippen molar-refractivity contribution in [1.82, 2.24) is 14.9 Å². The number of carbonyl (C=O) groups is 2. The van der Waals surface area contributed by atoms with Crippen LogP contribution in [0.25, 0.3) is 11.0 Å². The third-order valence-corrected chi connectivity index (χ3v) is 4.46. The number of rotatable bonds is 7. The first-order valence-corrected chi connectivity index (χ1v) is 9.12.